The van der Waals surface area contributed by atoms with Crippen molar-refractivity contribution in [3.8, 4) is 0 Å². The van der Waals surface area contributed by atoms with Crippen LogP contribution in [0.25, 0.3) is 0 Å². The molecule has 0 aromatic heterocycles. The van der Waals surface area contributed by atoms with Crippen LogP contribution >= 0.6 is 24.0 Å². The van der Waals surface area contributed by atoms with Crippen LogP contribution in [0.4, 0.5) is 0 Å². The largest absolute Gasteiger partial charge is 0.349 e. The summed E-state index contributed by atoms with van der Waals surface area (Å²) in [5.41, 5.74) is 2.36. The van der Waals surface area contributed by atoms with Gasteiger partial charge in [-0.3, -0.25) is 4.79 Å². The zero-order valence-electron chi connectivity index (χ0n) is 10.3. The number of benzene rings is 1. The average molecular weight is 289 g/mol. The molecule has 3 nitrogen and oxygen atoms in total. The Bertz CT molecular complexity index is 423. The molecule has 0 bridgehead atoms. The Labute approximate surface area is 119 Å². The number of nitrogens with one attached hydrogen (secondary N) is 2. The minimum Gasteiger partial charge on any atom is -0.349 e. The first-order valence-corrected chi connectivity index (χ1v) is 6.31. The van der Waals surface area contributed by atoms with E-state index in [9.17, 15) is 4.79 Å². The zero-order chi connectivity index (χ0) is 12.3. The van der Waals surface area contributed by atoms with Gasteiger partial charge in [0.1, 0.15) is 0 Å². The van der Waals surface area contributed by atoms with Crippen molar-refractivity contribution in [1.29, 1.82) is 0 Å². The van der Waals surface area contributed by atoms with Crippen molar-refractivity contribution in [2.24, 2.45) is 0 Å². The molecular formula is C13H18Cl2N2O. The van der Waals surface area contributed by atoms with Crippen LogP contribution in [0.2, 0.25) is 5.02 Å². The number of halogens is 2. The van der Waals surface area contributed by atoms with E-state index in [-0.39, 0.29) is 24.4 Å². The molecule has 100 valence electrons. The van der Waals surface area contributed by atoms with Gasteiger partial charge in [0.25, 0.3) is 0 Å². The van der Waals surface area contributed by atoms with Crippen molar-refractivity contribution in [3.63, 3.8) is 0 Å². The highest BCUT2D eigenvalue weighted by molar-refractivity contribution is 6.31. The van der Waals surface area contributed by atoms with Gasteiger partial charge < -0.3 is 10.6 Å². The highest BCUT2D eigenvalue weighted by Crippen LogP contribution is 2.35. The minimum absolute atomic E-state index is 0. The Morgan fingerprint density at radius 2 is 2.28 bits per heavy atom. The lowest BCUT2D eigenvalue weighted by atomic mass is 10.1. The van der Waals surface area contributed by atoms with Crippen LogP contribution in [0.1, 0.15) is 30.0 Å². The van der Waals surface area contributed by atoms with Gasteiger partial charge in [0.15, 0.2) is 0 Å². The molecule has 2 rings (SSSR count). The maximum atomic E-state index is 11.7. The van der Waals surface area contributed by atoms with Gasteiger partial charge in [0.05, 0.1) is 6.04 Å². The van der Waals surface area contributed by atoms with E-state index >= 15 is 0 Å². The number of carbonyl (C=O) groups is 1. The van der Waals surface area contributed by atoms with Gasteiger partial charge in [-0.05, 0) is 37.1 Å². The van der Waals surface area contributed by atoms with Gasteiger partial charge in [-0.1, -0.05) is 23.7 Å². The predicted octanol–water partition coefficient (Wildman–Crippen LogP) is 2.47. The third-order valence-electron chi connectivity index (χ3n) is 3.15. The van der Waals surface area contributed by atoms with Gasteiger partial charge in [0, 0.05) is 18.0 Å². The second-order valence-corrected chi connectivity index (χ2v) is 4.73. The summed E-state index contributed by atoms with van der Waals surface area (Å²) >= 11 is 6.13. The Morgan fingerprint density at radius 1 is 1.50 bits per heavy atom. The quantitative estimate of drug-likeness (QED) is 0.894. The summed E-state index contributed by atoms with van der Waals surface area (Å²) in [6.07, 6.45) is 2.42. The molecule has 0 saturated heterocycles. The summed E-state index contributed by atoms with van der Waals surface area (Å²) in [5.74, 6) is 0.0946. The van der Waals surface area contributed by atoms with Crippen molar-refractivity contribution in [2.75, 3.05) is 13.6 Å². The second kappa shape index (κ2) is 6.98. The Balaban J connectivity index is 0.00000162. The molecule has 1 amide bonds. The summed E-state index contributed by atoms with van der Waals surface area (Å²) < 4.78 is 0. The van der Waals surface area contributed by atoms with E-state index in [1.807, 2.05) is 19.2 Å². The van der Waals surface area contributed by atoms with Crippen LogP contribution in [0, 0.1) is 0 Å². The molecule has 2 N–H and O–H groups in total. The molecule has 1 aliphatic carbocycles. The molecule has 1 aliphatic rings. The van der Waals surface area contributed by atoms with E-state index in [0.717, 1.165) is 17.9 Å². The molecule has 0 fully saturated rings. The standard InChI is InChI=1S/C13H17ClN2O.ClH/c1-15-8-7-13(17)16-12-6-5-9-10(12)3-2-4-11(9)14;/h2-4,12,15H,5-8H2,1H3,(H,16,17);1H. The summed E-state index contributed by atoms with van der Waals surface area (Å²) in [6, 6.07) is 6.04. The van der Waals surface area contributed by atoms with Gasteiger partial charge in [0.2, 0.25) is 5.91 Å². The third-order valence-corrected chi connectivity index (χ3v) is 3.50. The van der Waals surface area contributed by atoms with Crippen molar-refractivity contribution < 1.29 is 4.79 Å². The van der Waals surface area contributed by atoms with Crippen LogP contribution in [0.3, 0.4) is 0 Å². The predicted molar refractivity (Wildman–Crippen MR) is 76.4 cm³/mol. The first-order valence-electron chi connectivity index (χ1n) is 5.93. The van der Waals surface area contributed by atoms with E-state index in [1.165, 1.54) is 11.1 Å². The van der Waals surface area contributed by atoms with Crippen LogP contribution in [0.15, 0.2) is 18.2 Å². The number of rotatable bonds is 4. The topological polar surface area (TPSA) is 41.1 Å². The Kier molecular flexibility index (Phi) is 5.93. The molecule has 0 aliphatic heterocycles. The normalized spacial score (nSPS) is 16.9. The van der Waals surface area contributed by atoms with Crippen LogP contribution in [0.5, 0.6) is 0 Å². The SMILES string of the molecule is CNCCC(=O)NC1CCc2c(Cl)cccc21.Cl. The molecule has 0 spiro atoms. The maximum absolute atomic E-state index is 11.7. The Hall–Kier alpha value is -0.770. The fourth-order valence-corrected chi connectivity index (χ4v) is 2.54. The number of fused-ring (bicyclic) bond motifs is 1. The van der Waals surface area contributed by atoms with Crippen LogP contribution < -0.4 is 10.6 Å². The minimum atomic E-state index is 0. The van der Waals surface area contributed by atoms with Crippen LogP contribution in [-0.4, -0.2) is 19.5 Å². The maximum Gasteiger partial charge on any atom is 0.221 e. The fourth-order valence-electron chi connectivity index (χ4n) is 2.26. The van der Waals surface area contributed by atoms with Crippen molar-refractivity contribution in [2.45, 2.75) is 25.3 Å². The molecule has 1 aromatic rings. The van der Waals surface area contributed by atoms with E-state index in [4.69, 9.17) is 11.6 Å². The lowest BCUT2D eigenvalue weighted by Crippen LogP contribution is -2.29. The number of hydrogen-bond donors (Lipinski definition) is 2. The number of carbonyl (C=O) groups excluding carboxylic acids is 1. The van der Waals surface area contributed by atoms with E-state index in [2.05, 4.69) is 16.7 Å². The van der Waals surface area contributed by atoms with Gasteiger partial charge in [-0.15, -0.1) is 12.4 Å². The number of hydrogen-bond acceptors (Lipinski definition) is 2. The zero-order valence-corrected chi connectivity index (χ0v) is 11.9. The van der Waals surface area contributed by atoms with Gasteiger partial charge in [-0.25, -0.2) is 0 Å². The smallest absolute Gasteiger partial charge is 0.221 e. The lowest BCUT2D eigenvalue weighted by molar-refractivity contribution is -0.121. The molecular weight excluding hydrogens is 271 g/mol. The van der Waals surface area contributed by atoms with Crippen molar-refractivity contribution in [1.82, 2.24) is 10.6 Å². The van der Waals surface area contributed by atoms with E-state index < -0.39 is 0 Å². The summed E-state index contributed by atoms with van der Waals surface area (Å²) in [7, 11) is 1.85. The van der Waals surface area contributed by atoms with Gasteiger partial charge in [-0.2, -0.15) is 0 Å². The molecule has 0 radical (unpaired) electrons. The Morgan fingerprint density at radius 3 is 3.00 bits per heavy atom. The summed E-state index contributed by atoms with van der Waals surface area (Å²) in [6.45, 7) is 0.709. The lowest BCUT2D eigenvalue weighted by Gasteiger charge is -2.14. The molecule has 5 heteroatoms. The third kappa shape index (κ3) is 3.37. The molecule has 1 aromatic carbocycles. The van der Waals surface area contributed by atoms with E-state index in [1.54, 1.807) is 0 Å². The first kappa shape index (κ1) is 15.3. The average Bonchev–Trinajstić information content (AvgIpc) is 2.71. The highest BCUT2D eigenvalue weighted by atomic mass is 35.5. The highest BCUT2D eigenvalue weighted by Gasteiger charge is 2.25. The molecule has 0 saturated carbocycles. The van der Waals surface area contributed by atoms with Crippen molar-refractivity contribution in [3.05, 3.63) is 34.3 Å². The fraction of sp³-hybridized carbons (Fsp3) is 0.462. The second-order valence-electron chi connectivity index (χ2n) is 4.32. The summed E-state index contributed by atoms with van der Waals surface area (Å²) in [5, 5.41) is 6.84. The van der Waals surface area contributed by atoms with E-state index in [0.29, 0.717) is 13.0 Å². The van der Waals surface area contributed by atoms with Crippen LogP contribution in [-0.2, 0) is 11.2 Å². The number of amides is 1. The summed E-state index contributed by atoms with van der Waals surface area (Å²) in [4.78, 5) is 11.7. The molecule has 1 atom stereocenters. The van der Waals surface area contributed by atoms with Gasteiger partial charge >= 0.3 is 0 Å². The molecule has 0 heterocycles. The first-order chi connectivity index (χ1) is 8.22. The van der Waals surface area contributed by atoms with Crippen molar-refractivity contribution >= 4 is 29.9 Å². The monoisotopic (exact) mass is 288 g/mol. The molecule has 18 heavy (non-hydrogen) atoms. The molecule has 1 unspecified atom stereocenters.